The van der Waals surface area contributed by atoms with Crippen LogP contribution in [0.5, 0.6) is 0 Å². The fourth-order valence-electron chi connectivity index (χ4n) is 0.335. The van der Waals surface area contributed by atoms with E-state index in [2.05, 4.69) is 22.6 Å². The summed E-state index contributed by atoms with van der Waals surface area (Å²) in [6.07, 6.45) is 0.857. The zero-order chi connectivity index (χ0) is 7.49. The van der Waals surface area contributed by atoms with Crippen molar-refractivity contribution in [2.24, 2.45) is 5.41 Å². The molecule has 54 valence electrons. The molecule has 0 saturated carbocycles. The Hall–Kier alpha value is 0.690. The summed E-state index contributed by atoms with van der Waals surface area (Å²) < 4.78 is 0.975. The molecule has 0 aliphatic heterocycles. The number of halogens is 2. The summed E-state index contributed by atoms with van der Waals surface area (Å²) in [5.41, 5.74) is -0.331. The van der Waals surface area contributed by atoms with Crippen molar-refractivity contribution >= 4 is 39.4 Å². The Balaban J connectivity index is 3.85. The Kier molecular flexibility index (Phi) is 4.05. The monoisotopic (exact) mass is 260 g/mol. The van der Waals surface area contributed by atoms with Gasteiger partial charge in [-0.2, -0.15) is 0 Å². The number of alkyl halides is 1. The molecule has 0 spiro atoms. The van der Waals surface area contributed by atoms with Gasteiger partial charge in [0, 0.05) is 9.84 Å². The number of hydrogen-bond donors (Lipinski definition) is 0. The van der Waals surface area contributed by atoms with E-state index in [4.69, 9.17) is 11.6 Å². The Labute approximate surface area is 74.3 Å². The van der Waals surface area contributed by atoms with Crippen LogP contribution < -0.4 is 0 Å². The summed E-state index contributed by atoms with van der Waals surface area (Å²) in [5.74, 6) is 0. The van der Waals surface area contributed by atoms with Gasteiger partial charge in [0.15, 0.2) is 0 Å². The topological polar surface area (TPSA) is 17.1 Å². The maximum Gasteiger partial charge on any atom is 0.227 e. The van der Waals surface area contributed by atoms with Gasteiger partial charge in [-0.05, 0) is 18.0 Å². The lowest BCUT2D eigenvalue weighted by Crippen LogP contribution is -2.19. The molecular formula is C6H10ClIO. The minimum atomic E-state index is -0.331. The normalized spacial score (nSPS) is 11.6. The summed E-state index contributed by atoms with van der Waals surface area (Å²) in [6.45, 7) is 3.72. The Bertz CT molecular complexity index is 112. The first kappa shape index (κ1) is 9.69. The van der Waals surface area contributed by atoms with Gasteiger partial charge < -0.3 is 0 Å². The lowest BCUT2D eigenvalue weighted by atomic mass is 9.92. The Morgan fingerprint density at radius 2 is 2.11 bits per heavy atom. The van der Waals surface area contributed by atoms with Crippen LogP contribution in [0.2, 0.25) is 0 Å². The molecule has 0 rings (SSSR count). The maximum atomic E-state index is 10.6. The molecule has 9 heavy (non-hydrogen) atoms. The Morgan fingerprint density at radius 3 is 2.22 bits per heavy atom. The third kappa shape index (κ3) is 3.40. The predicted octanol–water partition coefficient (Wildman–Crippen LogP) is 2.60. The predicted molar refractivity (Wildman–Crippen MR) is 48.1 cm³/mol. The van der Waals surface area contributed by atoms with Crippen molar-refractivity contribution in [2.75, 3.05) is 4.43 Å². The van der Waals surface area contributed by atoms with E-state index < -0.39 is 0 Å². The number of carbonyl (C=O) groups excluding carboxylic acids is 1. The highest BCUT2D eigenvalue weighted by Crippen LogP contribution is 2.24. The van der Waals surface area contributed by atoms with Gasteiger partial charge in [-0.3, -0.25) is 4.79 Å². The van der Waals surface area contributed by atoms with Gasteiger partial charge in [0.25, 0.3) is 0 Å². The van der Waals surface area contributed by atoms with E-state index >= 15 is 0 Å². The molecule has 0 aromatic heterocycles. The quantitative estimate of drug-likeness (QED) is 0.433. The SMILES string of the molecule is CC(C)(CCI)C(=O)Cl. The number of hydrogen-bond acceptors (Lipinski definition) is 1. The fraction of sp³-hybridized carbons (Fsp3) is 0.833. The van der Waals surface area contributed by atoms with Crippen LogP contribution in [-0.4, -0.2) is 9.67 Å². The molecule has 0 bridgehead atoms. The summed E-state index contributed by atoms with van der Waals surface area (Å²) >= 11 is 7.54. The van der Waals surface area contributed by atoms with Crippen LogP contribution in [0.4, 0.5) is 0 Å². The lowest BCUT2D eigenvalue weighted by molar-refractivity contribution is -0.119. The molecule has 3 heteroatoms. The second kappa shape index (κ2) is 3.76. The van der Waals surface area contributed by atoms with Gasteiger partial charge in [-0.25, -0.2) is 0 Å². The first-order chi connectivity index (χ1) is 4.00. The van der Waals surface area contributed by atoms with Crippen LogP contribution in [0, 0.1) is 5.41 Å². The van der Waals surface area contributed by atoms with Crippen molar-refractivity contribution in [3.8, 4) is 0 Å². The Morgan fingerprint density at radius 1 is 1.67 bits per heavy atom. The van der Waals surface area contributed by atoms with Crippen LogP contribution in [0.15, 0.2) is 0 Å². The summed E-state index contributed by atoms with van der Waals surface area (Å²) in [4.78, 5) is 10.6. The van der Waals surface area contributed by atoms with E-state index in [0.29, 0.717) is 0 Å². The molecule has 0 unspecified atom stereocenters. The van der Waals surface area contributed by atoms with Gasteiger partial charge in [0.05, 0.1) is 0 Å². The largest absolute Gasteiger partial charge is 0.281 e. The van der Waals surface area contributed by atoms with Crippen molar-refractivity contribution in [3.63, 3.8) is 0 Å². The smallest absolute Gasteiger partial charge is 0.227 e. The van der Waals surface area contributed by atoms with E-state index in [9.17, 15) is 4.79 Å². The van der Waals surface area contributed by atoms with Crippen LogP contribution in [-0.2, 0) is 4.79 Å². The molecule has 0 saturated heterocycles. The van der Waals surface area contributed by atoms with Gasteiger partial charge >= 0.3 is 0 Å². The minimum Gasteiger partial charge on any atom is -0.281 e. The van der Waals surface area contributed by atoms with E-state index in [0.717, 1.165) is 10.8 Å². The van der Waals surface area contributed by atoms with Crippen molar-refractivity contribution in [2.45, 2.75) is 20.3 Å². The standard InChI is InChI=1S/C6H10ClIO/c1-6(2,3-4-8)5(7)9/h3-4H2,1-2H3. The molecule has 0 amide bonds. The van der Waals surface area contributed by atoms with Crippen LogP contribution in [0.1, 0.15) is 20.3 Å². The van der Waals surface area contributed by atoms with E-state index in [1.807, 2.05) is 13.8 Å². The van der Waals surface area contributed by atoms with E-state index in [1.165, 1.54) is 0 Å². The van der Waals surface area contributed by atoms with Gasteiger partial charge in [0.1, 0.15) is 0 Å². The van der Waals surface area contributed by atoms with Crippen molar-refractivity contribution < 1.29 is 4.79 Å². The second-order valence-electron chi connectivity index (χ2n) is 2.60. The van der Waals surface area contributed by atoms with Crippen LogP contribution in [0.25, 0.3) is 0 Å². The third-order valence-corrected chi connectivity index (χ3v) is 2.30. The lowest BCUT2D eigenvalue weighted by Gasteiger charge is -2.16. The first-order valence-electron chi connectivity index (χ1n) is 2.76. The highest BCUT2D eigenvalue weighted by atomic mass is 127. The highest BCUT2D eigenvalue weighted by molar-refractivity contribution is 14.1. The molecule has 0 aromatic carbocycles. The molecule has 0 aliphatic carbocycles. The van der Waals surface area contributed by atoms with Gasteiger partial charge in [0.2, 0.25) is 5.24 Å². The molecule has 1 nitrogen and oxygen atoms in total. The number of carbonyl (C=O) groups is 1. The molecule has 0 atom stereocenters. The van der Waals surface area contributed by atoms with Gasteiger partial charge in [-0.1, -0.05) is 36.4 Å². The minimum absolute atomic E-state index is 0.237. The van der Waals surface area contributed by atoms with Crippen molar-refractivity contribution in [1.82, 2.24) is 0 Å². The summed E-state index contributed by atoms with van der Waals surface area (Å²) in [6, 6.07) is 0. The molecule has 0 heterocycles. The molecule has 0 fully saturated rings. The fourth-order valence-corrected chi connectivity index (χ4v) is 1.78. The van der Waals surface area contributed by atoms with Crippen molar-refractivity contribution in [3.05, 3.63) is 0 Å². The zero-order valence-electron chi connectivity index (χ0n) is 5.58. The maximum absolute atomic E-state index is 10.6. The molecule has 0 aromatic rings. The van der Waals surface area contributed by atoms with E-state index in [-0.39, 0.29) is 10.7 Å². The molecular weight excluding hydrogens is 250 g/mol. The third-order valence-electron chi connectivity index (χ3n) is 1.25. The van der Waals surface area contributed by atoms with Crippen molar-refractivity contribution in [1.29, 1.82) is 0 Å². The van der Waals surface area contributed by atoms with Gasteiger partial charge in [-0.15, -0.1) is 0 Å². The molecule has 0 radical (unpaired) electrons. The second-order valence-corrected chi connectivity index (χ2v) is 4.02. The average molecular weight is 261 g/mol. The van der Waals surface area contributed by atoms with E-state index in [1.54, 1.807) is 0 Å². The highest BCUT2D eigenvalue weighted by Gasteiger charge is 2.24. The number of rotatable bonds is 3. The van der Waals surface area contributed by atoms with Crippen LogP contribution in [0.3, 0.4) is 0 Å². The average Bonchev–Trinajstić information content (AvgIpc) is 1.65. The van der Waals surface area contributed by atoms with Crippen LogP contribution >= 0.6 is 34.2 Å². The summed E-state index contributed by atoms with van der Waals surface area (Å²) in [5, 5.41) is -0.237. The first-order valence-corrected chi connectivity index (χ1v) is 4.67. The molecule has 0 aliphatic rings. The molecule has 0 N–H and O–H groups in total. The zero-order valence-corrected chi connectivity index (χ0v) is 8.49. The summed E-state index contributed by atoms with van der Waals surface area (Å²) in [7, 11) is 0.